The molecule has 24 heavy (non-hydrogen) atoms. The molecule has 126 valence electrons. The molecule has 0 heterocycles. The van der Waals surface area contributed by atoms with Crippen molar-refractivity contribution in [3.63, 3.8) is 0 Å². The summed E-state index contributed by atoms with van der Waals surface area (Å²) in [6.07, 6.45) is -0.138. The van der Waals surface area contributed by atoms with Gasteiger partial charge in [0.15, 0.2) is 0 Å². The molecule has 0 unspecified atom stereocenters. The van der Waals surface area contributed by atoms with E-state index in [0.29, 0.717) is 16.5 Å². The molecule has 7 heteroatoms. The van der Waals surface area contributed by atoms with Crippen LogP contribution in [-0.2, 0) is 16.0 Å². The van der Waals surface area contributed by atoms with Crippen molar-refractivity contribution in [2.75, 3.05) is 19.0 Å². The summed E-state index contributed by atoms with van der Waals surface area (Å²) in [7, 11) is 1.47. The van der Waals surface area contributed by atoms with Crippen molar-refractivity contribution in [3.05, 3.63) is 58.9 Å². The van der Waals surface area contributed by atoms with E-state index >= 15 is 0 Å². The Morgan fingerprint density at radius 2 is 1.92 bits per heavy atom. The minimum atomic E-state index is -0.458. The van der Waals surface area contributed by atoms with Crippen LogP contribution in [0.15, 0.2) is 42.5 Å². The molecule has 2 N–H and O–H groups in total. The van der Waals surface area contributed by atoms with E-state index in [4.69, 9.17) is 16.3 Å². The van der Waals surface area contributed by atoms with Crippen LogP contribution in [0.4, 0.5) is 10.1 Å². The van der Waals surface area contributed by atoms with Gasteiger partial charge in [-0.05, 0) is 29.8 Å². The van der Waals surface area contributed by atoms with Gasteiger partial charge in [-0.25, -0.2) is 4.39 Å². The van der Waals surface area contributed by atoms with Gasteiger partial charge in [0, 0.05) is 5.02 Å². The van der Waals surface area contributed by atoms with Crippen molar-refractivity contribution < 1.29 is 18.7 Å². The molecular weight excluding hydrogens is 335 g/mol. The van der Waals surface area contributed by atoms with Crippen LogP contribution in [0, 0.1) is 5.82 Å². The zero-order valence-electron chi connectivity index (χ0n) is 12.9. The topological polar surface area (TPSA) is 67.4 Å². The highest BCUT2D eigenvalue weighted by atomic mass is 35.5. The van der Waals surface area contributed by atoms with E-state index in [0.717, 1.165) is 0 Å². The summed E-state index contributed by atoms with van der Waals surface area (Å²) in [5, 5.41) is 5.47. The zero-order chi connectivity index (χ0) is 17.5. The highest BCUT2D eigenvalue weighted by Gasteiger charge is 2.11. The van der Waals surface area contributed by atoms with Gasteiger partial charge in [0.2, 0.25) is 11.8 Å². The van der Waals surface area contributed by atoms with Crippen LogP contribution in [0.2, 0.25) is 5.02 Å². The quantitative estimate of drug-likeness (QED) is 0.841. The number of methoxy groups -OCH3 is 1. The maximum absolute atomic E-state index is 13.5. The van der Waals surface area contributed by atoms with Crippen LogP contribution in [0.5, 0.6) is 5.75 Å². The average molecular weight is 351 g/mol. The summed E-state index contributed by atoms with van der Waals surface area (Å²) in [4.78, 5) is 23.7. The van der Waals surface area contributed by atoms with Crippen LogP contribution < -0.4 is 15.4 Å². The van der Waals surface area contributed by atoms with Gasteiger partial charge in [0.05, 0.1) is 25.8 Å². The van der Waals surface area contributed by atoms with Crippen molar-refractivity contribution in [2.45, 2.75) is 6.42 Å². The average Bonchev–Trinajstić information content (AvgIpc) is 2.55. The highest BCUT2D eigenvalue weighted by molar-refractivity contribution is 6.31. The smallest absolute Gasteiger partial charge is 0.243 e. The molecule has 0 aliphatic rings. The van der Waals surface area contributed by atoms with Crippen molar-refractivity contribution >= 4 is 29.1 Å². The van der Waals surface area contributed by atoms with Crippen LogP contribution in [0.25, 0.3) is 0 Å². The molecule has 0 saturated heterocycles. The molecule has 0 fully saturated rings. The lowest BCUT2D eigenvalue weighted by atomic mass is 10.1. The Kier molecular flexibility index (Phi) is 6.14. The van der Waals surface area contributed by atoms with Gasteiger partial charge >= 0.3 is 0 Å². The van der Waals surface area contributed by atoms with E-state index in [-0.39, 0.29) is 18.5 Å². The number of ether oxygens (including phenoxy) is 1. The molecule has 0 aliphatic carbocycles. The normalized spacial score (nSPS) is 10.1. The number of halogens is 2. The molecule has 0 aromatic heterocycles. The number of hydrogen-bond donors (Lipinski definition) is 2. The Bertz CT molecular complexity index is 752. The van der Waals surface area contributed by atoms with Crippen LogP contribution >= 0.6 is 11.6 Å². The van der Waals surface area contributed by atoms with Crippen LogP contribution in [0.3, 0.4) is 0 Å². The summed E-state index contributed by atoms with van der Waals surface area (Å²) < 4.78 is 18.6. The molecule has 0 bridgehead atoms. The molecule has 0 atom stereocenters. The van der Waals surface area contributed by atoms with Crippen molar-refractivity contribution in [2.24, 2.45) is 0 Å². The third-order valence-electron chi connectivity index (χ3n) is 3.19. The first kappa shape index (κ1) is 17.7. The minimum Gasteiger partial charge on any atom is -0.495 e. The molecule has 2 aromatic rings. The zero-order valence-corrected chi connectivity index (χ0v) is 13.7. The monoisotopic (exact) mass is 350 g/mol. The van der Waals surface area contributed by atoms with Gasteiger partial charge in [-0.2, -0.15) is 0 Å². The third-order valence-corrected chi connectivity index (χ3v) is 3.43. The first-order chi connectivity index (χ1) is 11.5. The number of hydrogen-bond acceptors (Lipinski definition) is 3. The van der Waals surface area contributed by atoms with E-state index in [1.165, 1.54) is 19.2 Å². The SMILES string of the molecule is COc1ccc(Cl)cc1NC(=O)CNC(=O)Cc1ccccc1F. The van der Waals surface area contributed by atoms with E-state index in [1.807, 2.05) is 0 Å². The Hall–Kier alpha value is -2.60. The predicted octanol–water partition coefficient (Wildman–Crippen LogP) is 2.79. The van der Waals surface area contributed by atoms with Crippen molar-refractivity contribution in [1.82, 2.24) is 5.32 Å². The van der Waals surface area contributed by atoms with Crippen molar-refractivity contribution in [1.29, 1.82) is 0 Å². The predicted molar refractivity (Wildman–Crippen MR) is 89.7 cm³/mol. The second-order valence-electron chi connectivity index (χ2n) is 4.94. The number of carbonyl (C=O) groups excluding carboxylic acids is 2. The summed E-state index contributed by atoms with van der Waals surface area (Å²) >= 11 is 5.88. The highest BCUT2D eigenvalue weighted by Crippen LogP contribution is 2.27. The molecule has 2 rings (SSSR count). The molecule has 2 aromatic carbocycles. The Morgan fingerprint density at radius 3 is 2.62 bits per heavy atom. The standard InChI is InChI=1S/C17H16ClFN2O3/c1-24-15-7-6-12(18)9-14(15)21-17(23)10-20-16(22)8-11-4-2-3-5-13(11)19/h2-7,9H,8,10H2,1H3,(H,20,22)(H,21,23). The lowest BCUT2D eigenvalue weighted by molar-refractivity contribution is -0.123. The first-order valence-corrected chi connectivity index (χ1v) is 7.51. The maximum atomic E-state index is 13.5. The molecule has 0 aliphatic heterocycles. The van der Waals surface area contributed by atoms with Crippen LogP contribution in [-0.4, -0.2) is 25.5 Å². The van der Waals surface area contributed by atoms with Gasteiger partial charge in [-0.1, -0.05) is 29.8 Å². The maximum Gasteiger partial charge on any atom is 0.243 e. The first-order valence-electron chi connectivity index (χ1n) is 7.13. The summed E-state index contributed by atoms with van der Waals surface area (Å²) in [6.45, 7) is -0.247. The number of nitrogens with one attached hydrogen (secondary N) is 2. The molecular formula is C17H16ClFN2O3. The summed E-state index contributed by atoms with van der Waals surface area (Å²) in [6, 6.07) is 10.8. The molecule has 0 saturated carbocycles. The van der Waals surface area contributed by atoms with Crippen molar-refractivity contribution in [3.8, 4) is 5.75 Å². The van der Waals surface area contributed by atoms with Gasteiger partial charge in [-0.3, -0.25) is 9.59 Å². The van der Waals surface area contributed by atoms with Gasteiger partial charge in [0.1, 0.15) is 11.6 Å². The Balaban J connectivity index is 1.88. The van der Waals surface area contributed by atoms with Gasteiger partial charge in [-0.15, -0.1) is 0 Å². The van der Waals surface area contributed by atoms with E-state index in [2.05, 4.69) is 10.6 Å². The van der Waals surface area contributed by atoms with E-state index in [9.17, 15) is 14.0 Å². The molecule has 0 spiro atoms. The molecule has 0 radical (unpaired) electrons. The second-order valence-corrected chi connectivity index (χ2v) is 5.37. The lowest BCUT2D eigenvalue weighted by Crippen LogP contribution is -2.34. The van der Waals surface area contributed by atoms with E-state index in [1.54, 1.807) is 30.3 Å². The fraction of sp³-hybridized carbons (Fsp3) is 0.176. The number of benzene rings is 2. The van der Waals surface area contributed by atoms with E-state index < -0.39 is 17.6 Å². The Labute approximate surface area is 143 Å². The second kappa shape index (κ2) is 8.31. The largest absolute Gasteiger partial charge is 0.495 e. The number of rotatable bonds is 6. The minimum absolute atomic E-state index is 0.138. The third kappa shape index (κ3) is 4.96. The number of anilines is 1. The number of amides is 2. The van der Waals surface area contributed by atoms with Crippen LogP contribution in [0.1, 0.15) is 5.56 Å². The molecule has 2 amide bonds. The summed E-state index contributed by atoms with van der Waals surface area (Å²) in [5.74, 6) is -0.906. The summed E-state index contributed by atoms with van der Waals surface area (Å²) in [5.41, 5.74) is 0.672. The Morgan fingerprint density at radius 1 is 1.17 bits per heavy atom. The van der Waals surface area contributed by atoms with Gasteiger partial charge in [0.25, 0.3) is 0 Å². The fourth-order valence-electron chi connectivity index (χ4n) is 2.03. The lowest BCUT2D eigenvalue weighted by Gasteiger charge is -2.11. The number of carbonyl (C=O) groups is 2. The molecule has 5 nitrogen and oxygen atoms in total. The van der Waals surface area contributed by atoms with Gasteiger partial charge < -0.3 is 15.4 Å². The fourth-order valence-corrected chi connectivity index (χ4v) is 2.20.